The van der Waals surface area contributed by atoms with Crippen molar-refractivity contribution in [3.05, 3.63) is 0 Å². The summed E-state index contributed by atoms with van der Waals surface area (Å²) in [6.45, 7) is 0. The maximum Gasteiger partial charge on any atom is 0.344 e. The first-order valence-corrected chi connectivity index (χ1v) is 5.88. The van der Waals surface area contributed by atoms with Crippen LogP contribution in [0.25, 0.3) is 0 Å². The third-order valence-corrected chi connectivity index (χ3v) is 2.10. The molecular weight excluding hydrogens is 225 g/mol. The molecule has 0 fully saturated rings. The molecule has 0 aromatic rings. The van der Waals surface area contributed by atoms with Crippen molar-refractivity contribution in [3.8, 4) is 0 Å². The van der Waals surface area contributed by atoms with Crippen LogP contribution in [0.3, 0.4) is 0 Å². The Balaban J connectivity index is 3.77. The van der Waals surface area contributed by atoms with E-state index < -0.39 is 31.7 Å². The van der Waals surface area contributed by atoms with Gasteiger partial charge in [-0.1, -0.05) is 0 Å². The Morgan fingerprint density at radius 3 is 2.33 bits per heavy atom. The number of carbonyl (C=O) groups is 2. The van der Waals surface area contributed by atoms with Gasteiger partial charge >= 0.3 is 7.60 Å². The van der Waals surface area contributed by atoms with Gasteiger partial charge in [0.05, 0.1) is 6.04 Å². The molecule has 2 amide bonds. The monoisotopic (exact) mass is 239 g/mol. The Morgan fingerprint density at radius 2 is 1.93 bits per heavy atom. The molecule has 0 aliphatic rings. The molecule has 0 heterocycles. The predicted molar refractivity (Wildman–Crippen MR) is 51.5 cm³/mol. The molecule has 0 spiro atoms. The standard InChI is InChI=1S/C6H14N3O5P/c7-4(6(8)11)1-2-5(10)9-3-15(12,13)14/h4H,1-3,7H2,(H2,8,11)(H,9,10)(H2,12,13,14). The normalized spacial score (nSPS) is 13.3. The molecule has 1 atom stereocenters. The number of primary amides is 1. The lowest BCUT2D eigenvalue weighted by Gasteiger charge is -2.08. The van der Waals surface area contributed by atoms with Crippen LogP contribution in [0.1, 0.15) is 12.8 Å². The van der Waals surface area contributed by atoms with E-state index in [-0.39, 0.29) is 12.8 Å². The second-order valence-corrected chi connectivity index (χ2v) is 4.62. The second kappa shape index (κ2) is 5.82. The van der Waals surface area contributed by atoms with Gasteiger partial charge in [-0.25, -0.2) is 0 Å². The summed E-state index contributed by atoms with van der Waals surface area (Å²) in [5.41, 5.74) is 10.1. The van der Waals surface area contributed by atoms with E-state index in [0.717, 1.165) is 0 Å². The molecule has 0 bridgehead atoms. The van der Waals surface area contributed by atoms with Crippen LogP contribution in [0.15, 0.2) is 0 Å². The SMILES string of the molecule is NC(=O)C(N)CCC(=O)NCP(=O)(O)O. The van der Waals surface area contributed by atoms with Gasteiger partial charge in [-0.15, -0.1) is 0 Å². The lowest BCUT2D eigenvalue weighted by atomic mass is 10.1. The van der Waals surface area contributed by atoms with Crippen LogP contribution >= 0.6 is 7.60 Å². The Bertz CT molecular complexity index is 288. The van der Waals surface area contributed by atoms with Crippen molar-refractivity contribution in [3.63, 3.8) is 0 Å². The van der Waals surface area contributed by atoms with Crippen molar-refractivity contribution >= 4 is 19.4 Å². The topological polar surface area (TPSA) is 156 Å². The average molecular weight is 239 g/mol. The smallest absolute Gasteiger partial charge is 0.344 e. The zero-order chi connectivity index (χ0) is 12.1. The van der Waals surface area contributed by atoms with E-state index >= 15 is 0 Å². The highest BCUT2D eigenvalue weighted by atomic mass is 31.2. The molecule has 0 aliphatic heterocycles. The maximum absolute atomic E-state index is 11.0. The zero-order valence-electron chi connectivity index (χ0n) is 7.92. The molecule has 0 aliphatic carbocycles. The summed E-state index contributed by atoms with van der Waals surface area (Å²) in [7, 11) is -4.24. The number of hydrogen-bond donors (Lipinski definition) is 5. The van der Waals surface area contributed by atoms with Crippen LogP contribution in [0.4, 0.5) is 0 Å². The molecule has 7 N–H and O–H groups in total. The number of rotatable bonds is 6. The minimum absolute atomic E-state index is 0.0440. The third-order valence-electron chi connectivity index (χ3n) is 1.53. The Kier molecular flexibility index (Phi) is 5.45. The van der Waals surface area contributed by atoms with Gasteiger partial charge in [-0.05, 0) is 6.42 Å². The molecule has 0 rings (SSSR count). The first-order valence-electron chi connectivity index (χ1n) is 4.08. The molecule has 88 valence electrons. The van der Waals surface area contributed by atoms with E-state index in [0.29, 0.717) is 0 Å². The summed E-state index contributed by atoms with van der Waals surface area (Å²) in [5, 5.41) is 2.01. The molecule has 8 nitrogen and oxygen atoms in total. The van der Waals surface area contributed by atoms with Crippen LogP contribution in [-0.2, 0) is 14.2 Å². The maximum atomic E-state index is 11.0. The number of nitrogens with one attached hydrogen (secondary N) is 1. The molecule has 0 aromatic heterocycles. The molecule has 9 heteroatoms. The second-order valence-electron chi connectivity index (χ2n) is 2.97. The van der Waals surface area contributed by atoms with Crippen molar-refractivity contribution in [2.24, 2.45) is 11.5 Å². The van der Waals surface area contributed by atoms with E-state index in [2.05, 4.69) is 0 Å². The summed E-state index contributed by atoms with van der Waals surface area (Å²) in [5.74, 6) is -1.31. The van der Waals surface area contributed by atoms with Crippen molar-refractivity contribution in [1.82, 2.24) is 5.32 Å². The van der Waals surface area contributed by atoms with Crippen LogP contribution < -0.4 is 16.8 Å². The number of amides is 2. The van der Waals surface area contributed by atoms with Crippen LogP contribution in [0.2, 0.25) is 0 Å². The highest BCUT2D eigenvalue weighted by Gasteiger charge is 2.16. The van der Waals surface area contributed by atoms with E-state index in [1.807, 2.05) is 5.32 Å². The van der Waals surface area contributed by atoms with Gasteiger partial charge in [-0.3, -0.25) is 14.2 Å². The van der Waals surface area contributed by atoms with E-state index in [4.69, 9.17) is 21.3 Å². The minimum Gasteiger partial charge on any atom is -0.368 e. The predicted octanol–water partition coefficient (Wildman–Crippen LogP) is -2.17. The van der Waals surface area contributed by atoms with Crippen LogP contribution in [0.5, 0.6) is 0 Å². The molecular formula is C6H14N3O5P. The third kappa shape index (κ3) is 8.07. The fraction of sp³-hybridized carbons (Fsp3) is 0.667. The summed E-state index contributed by atoms with van der Waals surface area (Å²) in [6.07, 6.45) is -0.788. The first kappa shape index (κ1) is 14.1. The van der Waals surface area contributed by atoms with Gasteiger partial charge in [0.2, 0.25) is 11.8 Å². The Morgan fingerprint density at radius 1 is 1.40 bits per heavy atom. The summed E-state index contributed by atoms with van der Waals surface area (Å²) < 4.78 is 10.4. The molecule has 1 unspecified atom stereocenters. The molecule has 0 saturated carbocycles. The van der Waals surface area contributed by atoms with Gasteiger partial charge in [0.25, 0.3) is 0 Å². The largest absolute Gasteiger partial charge is 0.368 e. The molecule has 0 aromatic carbocycles. The van der Waals surface area contributed by atoms with Crippen LogP contribution in [-0.4, -0.2) is 33.9 Å². The minimum atomic E-state index is -4.24. The van der Waals surface area contributed by atoms with E-state index in [9.17, 15) is 14.2 Å². The lowest BCUT2D eigenvalue weighted by Crippen LogP contribution is -2.37. The Labute approximate surface area is 86.2 Å². The highest BCUT2D eigenvalue weighted by molar-refractivity contribution is 7.51. The van der Waals surface area contributed by atoms with Crippen molar-refractivity contribution in [2.75, 3.05) is 6.29 Å². The molecule has 0 radical (unpaired) electrons. The van der Waals surface area contributed by atoms with Gasteiger partial charge < -0.3 is 26.6 Å². The van der Waals surface area contributed by atoms with Crippen molar-refractivity contribution in [2.45, 2.75) is 18.9 Å². The van der Waals surface area contributed by atoms with Gasteiger partial charge in [0.15, 0.2) is 0 Å². The van der Waals surface area contributed by atoms with Crippen molar-refractivity contribution < 1.29 is 23.9 Å². The van der Waals surface area contributed by atoms with E-state index in [1.54, 1.807) is 0 Å². The summed E-state index contributed by atoms with van der Waals surface area (Å²) in [4.78, 5) is 38.3. The first-order chi connectivity index (χ1) is 6.72. The fourth-order valence-corrected chi connectivity index (χ4v) is 1.09. The zero-order valence-corrected chi connectivity index (χ0v) is 8.81. The van der Waals surface area contributed by atoms with E-state index in [1.165, 1.54) is 0 Å². The highest BCUT2D eigenvalue weighted by Crippen LogP contribution is 2.31. The molecule has 0 saturated heterocycles. The number of hydrogen-bond acceptors (Lipinski definition) is 4. The summed E-state index contributed by atoms with van der Waals surface area (Å²) in [6, 6.07) is -0.925. The van der Waals surface area contributed by atoms with Crippen LogP contribution in [0, 0.1) is 0 Å². The van der Waals surface area contributed by atoms with Gasteiger partial charge in [0.1, 0.15) is 6.29 Å². The quantitative estimate of drug-likeness (QED) is 0.332. The lowest BCUT2D eigenvalue weighted by molar-refractivity contribution is -0.121. The van der Waals surface area contributed by atoms with Crippen molar-refractivity contribution in [1.29, 1.82) is 0 Å². The fourth-order valence-electron chi connectivity index (χ4n) is 0.708. The Hall–Kier alpha value is -0.950. The summed E-state index contributed by atoms with van der Waals surface area (Å²) >= 11 is 0. The average Bonchev–Trinajstić information content (AvgIpc) is 2.09. The van der Waals surface area contributed by atoms with Gasteiger partial charge in [-0.2, -0.15) is 0 Å². The van der Waals surface area contributed by atoms with Gasteiger partial charge in [0, 0.05) is 6.42 Å². The molecule has 15 heavy (non-hydrogen) atoms. The number of nitrogens with two attached hydrogens (primary N) is 2. The number of carbonyl (C=O) groups excluding carboxylic acids is 2.